The lowest BCUT2D eigenvalue weighted by atomic mass is 10.1. The van der Waals surface area contributed by atoms with Crippen molar-refractivity contribution in [2.24, 2.45) is 5.73 Å². The van der Waals surface area contributed by atoms with Gasteiger partial charge >= 0.3 is 0 Å². The first-order valence-electron chi connectivity index (χ1n) is 5.39. The number of hydrogen-bond donors (Lipinski definition) is 2. The van der Waals surface area contributed by atoms with Crippen molar-refractivity contribution >= 4 is 5.91 Å². The number of hydrogen-bond acceptors (Lipinski definition) is 2. The van der Waals surface area contributed by atoms with E-state index in [0.717, 1.165) is 38.6 Å². The predicted molar refractivity (Wildman–Crippen MR) is 60.0 cm³/mol. The molecule has 0 aliphatic heterocycles. The van der Waals surface area contributed by atoms with Crippen LogP contribution in [0.2, 0.25) is 0 Å². The third kappa shape index (κ3) is 9.26. The molecule has 14 heavy (non-hydrogen) atoms. The van der Waals surface area contributed by atoms with Gasteiger partial charge in [-0.05, 0) is 25.8 Å². The predicted octanol–water partition coefficient (Wildman–Crippen LogP) is 1.59. The van der Waals surface area contributed by atoms with Crippen LogP contribution in [0.3, 0.4) is 0 Å². The lowest BCUT2D eigenvalue weighted by molar-refractivity contribution is -0.121. The summed E-state index contributed by atoms with van der Waals surface area (Å²) in [5, 5.41) is 2.84. The van der Waals surface area contributed by atoms with Crippen molar-refractivity contribution < 1.29 is 4.79 Å². The minimum Gasteiger partial charge on any atom is -0.356 e. The highest BCUT2D eigenvalue weighted by Crippen LogP contribution is 2.01. The van der Waals surface area contributed by atoms with E-state index in [0.29, 0.717) is 13.0 Å². The lowest BCUT2D eigenvalue weighted by Crippen LogP contribution is -2.23. The van der Waals surface area contributed by atoms with Crippen LogP contribution in [0.4, 0.5) is 0 Å². The summed E-state index contributed by atoms with van der Waals surface area (Å²) in [5.41, 5.74) is 5.36. The fourth-order valence-corrected chi connectivity index (χ4v) is 1.19. The largest absolute Gasteiger partial charge is 0.356 e. The van der Waals surface area contributed by atoms with Gasteiger partial charge < -0.3 is 11.1 Å². The smallest absolute Gasteiger partial charge is 0.220 e. The highest BCUT2D eigenvalue weighted by Gasteiger charge is 1.98. The van der Waals surface area contributed by atoms with Gasteiger partial charge in [-0.25, -0.2) is 0 Å². The van der Waals surface area contributed by atoms with Gasteiger partial charge in [0.25, 0.3) is 0 Å². The van der Waals surface area contributed by atoms with Crippen molar-refractivity contribution in [3.05, 3.63) is 12.7 Å². The monoisotopic (exact) mass is 198 g/mol. The molecule has 3 heteroatoms. The molecule has 0 saturated heterocycles. The highest BCUT2D eigenvalue weighted by atomic mass is 16.1. The van der Waals surface area contributed by atoms with Crippen LogP contribution in [0.1, 0.15) is 38.5 Å². The van der Waals surface area contributed by atoms with Gasteiger partial charge in [0, 0.05) is 13.0 Å². The van der Waals surface area contributed by atoms with E-state index in [-0.39, 0.29) is 5.91 Å². The van der Waals surface area contributed by atoms with Gasteiger partial charge in [-0.3, -0.25) is 4.79 Å². The van der Waals surface area contributed by atoms with E-state index in [2.05, 4.69) is 11.9 Å². The Balaban J connectivity index is 3.14. The number of nitrogens with two attached hydrogens (primary N) is 1. The Morgan fingerprint density at radius 2 is 2.00 bits per heavy atom. The maximum atomic E-state index is 11.2. The molecule has 0 bridgehead atoms. The molecule has 0 aromatic carbocycles. The Morgan fingerprint density at radius 3 is 2.64 bits per heavy atom. The number of nitrogens with one attached hydrogen (secondary N) is 1. The van der Waals surface area contributed by atoms with Gasteiger partial charge in [-0.2, -0.15) is 0 Å². The maximum absolute atomic E-state index is 11.2. The second kappa shape index (κ2) is 10.3. The maximum Gasteiger partial charge on any atom is 0.220 e. The molecule has 3 nitrogen and oxygen atoms in total. The summed E-state index contributed by atoms with van der Waals surface area (Å²) in [4.78, 5) is 11.2. The molecule has 0 aliphatic rings. The average molecular weight is 198 g/mol. The Morgan fingerprint density at radius 1 is 1.29 bits per heavy atom. The zero-order valence-electron chi connectivity index (χ0n) is 8.93. The first kappa shape index (κ1) is 13.2. The van der Waals surface area contributed by atoms with Crippen molar-refractivity contribution in [3.63, 3.8) is 0 Å². The lowest BCUT2D eigenvalue weighted by Gasteiger charge is -2.02. The minimum atomic E-state index is 0.152. The molecule has 0 aromatic rings. The van der Waals surface area contributed by atoms with Crippen LogP contribution in [0.25, 0.3) is 0 Å². The summed E-state index contributed by atoms with van der Waals surface area (Å²) in [7, 11) is 0. The van der Waals surface area contributed by atoms with E-state index in [4.69, 9.17) is 5.73 Å². The quantitative estimate of drug-likeness (QED) is 0.436. The molecule has 0 saturated carbocycles. The fourth-order valence-electron chi connectivity index (χ4n) is 1.19. The number of carbonyl (C=O) groups is 1. The molecule has 3 N–H and O–H groups in total. The zero-order chi connectivity index (χ0) is 10.6. The van der Waals surface area contributed by atoms with Gasteiger partial charge in [0.05, 0.1) is 0 Å². The van der Waals surface area contributed by atoms with Crippen molar-refractivity contribution in [1.82, 2.24) is 5.32 Å². The van der Waals surface area contributed by atoms with Crippen LogP contribution in [-0.4, -0.2) is 19.0 Å². The van der Waals surface area contributed by atoms with Gasteiger partial charge in [-0.15, -0.1) is 6.58 Å². The molecular weight excluding hydrogens is 176 g/mol. The third-order valence-electron chi connectivity index (χ3n) is 2.03. The molecule has 0 rings (SSSR count). The SMILES string of the molecule is C=CCCNC(=O)CCCCCCN. The Labute approximate surface area is 86.8 Å². The van der Waals surface area contributed by atoms with Crippen molar-refractivity contribution in [2.75, 3.05) is 13.1 Å². The molecule has 0 unspecified atom stereocenters. The van der Waals surface area contributed by atoms with Crippen molar-refractivity contribution in [3.8, 4) is 0 Å². The third-order valence-corrected chi connectivity index (χ3v) is 2.03. The van der Waals surface area contributed by atoms with E-state index >= 15 is 0 Å². The first-order chi connectivity index (χ1) is 6.81. The standard InChI is InChI=1S/C11H22N2O/c1-2-3-10-13-11(14)8-6-4-5-7-9-12/h2H,1,3-10,12H2,(H,13,14). The summed E-state index contributed by atoms with van der Waals surface area (Å²) in [6.45, 7) is 5.06. The second-order valence-electron chi connectivity index (χ2n) is 3.38. The molecule has 0 aromatic heterocycles. The highest BCUT2D eigenvalue weighted by molar-refractivity contribution is 5.75. The van der Waals surface area contributed by atoms with E-state index in [1.54, 1.807) is 0 Å². The van der Waals surface area contributed by atoms with E-state index in [9.17, 15) is 4.79 Å². The summed E-state index contributed by atoms with van der Waals surface area (Å²) < 4.78 is 0. The van der Waals surface area contributed by atoms with E-state index in [1.165, 1.54) is 0 Å². The fraction of sp³-hybridized carbons (Fsp3) is 0.727. The summed E-state index contributed by atoms with van der Waals surface area (Å²) in [6.07, 6.45) is 7.57. The number of rotatable bonds is 9. The van der Waals surface area contributed by atoms with E-state index in [1.807, 2.05) is 6.08 Å². The molecule has 0 radical (unpaired) electrons. The van der Waals surface area contributed by atoms with Crippen LogP contribution >= 0.6 is 0 Å². The Hall–Kier alpha value is -0.830. The molecule has 82 valence electrons. The van der Waals surface area contributed by atoms with Crippen LogP contribution in [0.15, 0.2) is 12.7 Å². The topological polar surface area (TPSA) is 55.1 Å². The number of amides is 1. The van der Waals surface area contributed by atoms with Crippen LogP contribution < -0.4 is 11.1 Å². The Bertz CT molecular complexity index is 157. The van der Waals surface area contributed by atoms with Crippen LogP contribution in [0.5, 0.6) is 0 Å². The summed E-state index contributed by atoms with van der Waals surface area (Å²) in [6, 6.07) is 0. The molecule has 0 fully saturated rings. The Kier molecular flexibility index (Phi) is 9.64. The molecule has 1 amide bonds. The van der Waals surface area contributed by atoms with Gasteiger partial charge in [-0.1, -0.05) is 18.9 Å². The van der Waals surface area contributed by atoms with Gasteiger partial charge in [0.2, 0.25) is 5.91 Å². The average Bonchev–Trinajstić information content (AvgIpc) is 2.18. The number of unbranched alkanes of at least 4 members (excludes halogenated alkanes) is 3. The van der Waals surface area contributed by atoms with E-state index < -0.39 is 0 Å². The summed E-state index contributed by atoms with van der Waals surface area (Å²) in [5.74, 6) is 0.152. The second-order valence-corrected chi connectivity index (χ2v) is 3.38. The normalized spacial score (nSPS) is 9.79. The number of carbonyl (C=O) groups excluding carboxylic acids is 1. The van der Waals surface area contributed by atoms with Gasteiger partial charge in [0.1, 0.15) is 0 Å². The molecule has 0 aliphatic carbocycles. The first-order valence-corrected chi connectivity index (χ1v) is 5.39. The molecule has 0 spiro atoms. The van der Waals surface area contributed by atoms with Gasteiger partial charge in [0.15, 0.2) is 0 Å². The zero-order valence-corrected chi connectivity index (χ0v) is 8.93. The molecule has 0 heterocycles. The molecular formula is C11H22N2O. The summed E-state index contributed by atoms with van der Waals surface area (Å²) >= 11 is 0. The van der Waals surface area contributed by atoms with Crippen LogP contribution in [-0.2, 0) is 4.79 Å². The van der Waals surface area contributed by atoms with Crippen molar-refractivity contribution in [1.29, 1.82) is 0 Å². The van der Waals surface area contributed by atoms with Crippen molar-refractivity contribution in [2.45, 2.75) is 38.5 Å². The minimum absolute atomic E-state index is 0.152. The van der Waals surface area contributed by atoms with Crippen LogP contribution in [0, 0.1) is 0 Å². The molecule has 0 atom stereocenters.